The van der Waals surface area contributed by atoms with Crippen molar-refractivity contribution < 1.29 is 4.79 Å². The summed E-state index contributed by atoms with van der Waals surface area (Å²) in [7, 11) is 0. The lowest BCUT2D eigenvalue weighted by atomic mass is 9.87. The Morgan fingerprint density at radius 2 is 2.00 bits per heavy atom. The highest BCUT2D eigenvalue weighted by Gasteiger charge is 2.18. The van der Waals surface area contributed by atoms with Gasteiger partial charge in [0.15, 0.2) is 0 Å². The summed E-state index contributed by atoms with van der Waals surface area (Å²) >= 11 is 0. The van der Waals surface area contributed by atoms with Crippen LogP contribution in [-0.2, 0) is 4.79 Å². The second-order valence-electron chi connectivity index (χ2n) is 5.94. The molecule has 0 aromatic heterocycles. The zero-order chi connectivity index (χ0) is 13.3. The third-order valence-corrected chi connectivity index (χ3v) is 3.16. The van der Waals surface area contributed by atoms with Crippen LogP contribution >= 0.6 is 0 Å². The number of amides is 1. The summed E-state index contributed by atoms with van der Waals surface area (Å²) in [4.78, 5) is 11.6. The fraction of sp³-hybridized carbons (Fsp3) is 0.929. The van der Waals surface area contributed by atoms with Crippen LogP contribution in [0.5, 0.6) is 0 Å². The van der Waals surface area contributed by atoms with E-state index in [-0.39, 0.29) is 17.2 Å². The monoisotopic (exact) mass is 242 g/mol. The molecule has 1 unspecified atom stereocenters. The molecule has 1 amide bonds. The van der Waals surface area contributed by atoms with Gasteiger partial charge in [0.2, 0.25) is 5.91 Å². The van der Waals surface area contributed by atoms with E-state index in [1.807, 2.05) is 6.92 Å². The Bertz CT molecular complexity index is 214. The smallest absolute Gasteiger partial charge is 0.220 e. The minimum atomic E-state index is 0.131. The molecule has 1 atom stereocenters. The Kier molecular flexibility index (Phi) is 8.23. The largest absolute Gasteiger partial charge is 0.356 e. The molecule has 0 radical (unpaired) electrons. The Morgan fingerprint density at radius 1 is 1.35 bits per heavy atom. The van der Waals surface area contributed by atoms with Gasteiger partial charge in [0.1, 0.15) is 0 Å². The van der Waals surface area contributed by atoms with Crippen LogP contribution in [0.3, 0.4) is 0 Å². The fourth-order valence-electron chi connectivity index (χ4n) is 1.75. The number of carbonyl (C=O) groups is 1. The molecule has 0 aromatic rings. The van der Waals surface area contributed by atoms with Crippen molar-refractivity contribution in [2.45, 2.75) is 59.8 Å². The van der Waals surface area contributed by atoms with Crippen molar-refractivity contribution in [1.29, 1.82) is 0 Å². The topological polar surface area (TPSA) is 55.1 Å². The van der Waals surface area contributed by atoms with Gasteiger partial charge in [-0.15, -0.1) is 0 Å². The molecule has 0 aliphatic carbocycles. The van der Waals surface area contributed by atoms with E-state index in [0.29, 0.717) is 13.0 Å². The Morgan fingerprint density at radius 3 is 2.53 bits per heavy atom. The summed E-state index contributed by atoms with van der Waals surface area (Å²) in [5.41, 5.74) is 5.71. The molecule has 0 fully saturated rings. The standard InChI is InChI=1S/C14H30N2O/c1-5-6-7-8-14(3,4)11-16-13(17)9-12(2)10-15/h12H,5-11,15H2,1-4H3,(H,16,17). The SMILES string of the molecule is CCCCCC(C)(C)CNC(=O)CC(C)CN. The van der Waals surface area contributed by atoms with Crippen LogP contribution in [0.1, 0.15) is 59.8 Å². The third kappa shape index (κ3) is 9.16. The molecular formula is C14H30N2O. The zero-order valence-corrected chi connectivity index (χ0v) is 12.0. The van der Waals surface area contributed by atoms with E-state index in [2.05, 4.69) is 26.1 Å². The van der Waals surface area contributed by atoms with Crippen LogP contribution in [0.4, 0.5) is 0 Å². The molecule has 0 heterocycles. The number of hydrogen-bond acceptors (Lipinski definition) is 2. The second kappa shape index (κ2) is 8.51. The van der Waals surface area contributed by atoms with Crippen LogP contribution in [-0.4, -0.2) is 19.0 Å². The average molecular weight is 242 g/mol. The first kappa shape index (κ1) is 16.4. The van der Waals surface area contributed by atoms with Gasteiger partial charge in [-0.2, -0.15) is 0 Å². The van der Waals surface area contributed by atoms with Gasteiger partial charge in [0, 0.05) is 13.0 Å². The van der Waals surface area contributed by atoms with E-state index in [9.17, 15) is 4.79 Å². The zero-order valence-electron chi connectivity index (χ0n) is 12.0. The first-order valence-corrected chi connectivity index (χ1v) is 6.88. The third-order valence-electron chi connectivity index (χ3n) is 3.16. The number of carbonyl (C=O) groups excluding carboxylic acids is 1. The van der Waals surface area contributed by atoms with Crippen LogP contribution in [0.15, 0.2) is 0 Å². The molecule has 0 aliphatic heterocycles. The van der Waals surface area contributed by atoms with E-state index in [0.717, 1.165) is 6.54 Å². The highest BCUT2D eigenvalue weighted by Crippen LogP contribution is 2.22. The Labute approximate surface area is 107 Å². The molecule has 0 spiro atoms. The molecule has 0 aromatic carbocycles. The number of rotatable bonds is 9. The van der Waals surface area contributed by atoms with Gasteiger partial charge in [0.25, 0.3) is 0 Å². The van der Waals surface area contributed by atoms with Gasteiger partial charge >= 0.3 is 0 Å². The number of hydrogen-bond donors (Lipinski definition) is 2. The summed E-state index contributed by atoms with van der Waals surface area (Å²) in [6.07, 6.45) is 5.49. The van der Waals surface area contributed by atoms with E-state index < -0.39 is 0 Å². The number of nitrogens with one attached hydrogen (secondary N) is 1. The second-order valence-corrected chi connectivity index (χ2v) is 5.94. The quantitative estimate of drug-likeness (QED) is 0.611. The average Bonchev–Trinajstić information content (AvgIpc) is 2.26. The van der Waals surface area contributed by atoms with E-state index in [1.165, 1.54) is 25.7 Å². The first-order chi connectivity index (χ1) is 7.91. The fourth-order valence-corrected chi connectivity index (χ4v) is 1.75. The van der Waals surface area contributed by atoms with Crippen LogP contribution in [0.25, 0.3) is 0 Å². The van der Waals surface area contributed by atoms with Crippen LogP contribution in [0, 0.1) is 11.3 Å². The van der Waals surface area contributed by atoms with Crippen LogP contribution in [0.2, 0.25) is 0 Å². The van der Waals surface area contributed by atoms with Crippen molar-refractivity contribution in [3.63, 3.8) is 0 Å². The van der Waals surface area contributed by atoms with Crippen molar-refractivity contribution >= 4 is 5.91 Å². The van der Waals surface area contributed by atoms with Gasteiger partial charge in [-0.25, -0.2) is 0 Å². The first-order valence-electron chi connectivity index (χ1n) is 6.88. The molecule has 0 bridgehead atoms. The maximum Gasteiger partial charge on any atom is 0.220 e. The minimum absolute atomic E-state index is 0.131. The molecule has 0 rings (SSSR count). The number of nitrogens with two attached hydrogens (primary N) is 1. The Hall–Kier alpha value is -0.570. The van der Waals surface area contributed by atoms with Crippen molar-refractivity contribution in [1.82, 2.24) is 5.32 Å². The minimum Gasteiger partial charge on any atom is -0.356 e. The molecule has 102 valence electrons. The summed E-state index contributed by atoms with van der Waals surface area (Å²) in [5, 5.41) is 3.02. The van der Waals surface area contributed by atoms with Gasteiger partial charge in [-0.05, 0) is 24.3 Å². The van der Waals surface area contributed by atoms with E-state index >= 15 is 0 Å². The predicted octanol–water partition coefficient (Wildman–Crippen LogP) is 2.69. The summed E-state index contributed by atoms with van der Waals surface area (Å²) < 4.78 is 0. The van der Waals surface area contributed by atoms with Crippen LogP contribution < -0.4 is 11.1 Å². The van der Waals surface area contributed by atoms with Gasteiger partial charge < -0.3 is 11.1 Å². The van der Waals surface area contributed by atoms with E-state index in [1.54, 1.807) is 0 Å². The lowest BCUT2D eigenvalue weighted by molar-refractivity contribution is -0.122. The summed E-state index contributed by atoms with van der Waals surface area (Å²) in [5.74, 6) is 0.407. The molecule has 0 saturated carbocycles. The Balaban J connectivity index is 3.80. The summed E-state index contributed by atoms with van der Waals surface area (Å²) in [6, 6.07) is 0. The molecule has 17 heavy (non-hydrogen) atoms. The molecule has 0 aliphatic rings. The number of unbranched alkanes of at least 4 members (excludes halogenated alkanes) is 2. The van der Waals surface area contributed by atoms with Crippen molar-refractivity contribution in [2.24, 2.45) is 17.1 Å². The predicted molar refractivity (Wildman–Crippen MR) is 73.8 cm³/mol. The maximum absolute atomic E-state index is 11.6. The van der Waals surface area contributed by atoms with Gasteiger partial charge in [-0.3, -0.25) is 4.79 Å². The lowest BCUT2D eigenvalue weighted by Gasteiger charge is -2.25. The normalized spacial score (nSPS) is 13.5. The van der Waals surface area contributed by atoms with Gasteiger partial charge in [0.05, 0.1) is 0 Å². The molecule has 0 saturated heterocycles. The van der Waals surface area contributed by atoms with Crippen molar-refractivity contribution in [3.8, 4) is 0 Å². The van der Waals surface area contributed by atoms with E-state index in [4.69, 9.17) is 5.73 Å². The molecular weight excluding hydrogens is 212 g/mol. The lowest BCUT2D eigenvalue weighted by Crippen LogP contribution is -2.35. The highest BCUT2D eigenvalue weighted by atomic mass is 16.1. The molecule has 3 N–H and O–H groups in total. The van der Waals surface area contributed by atoms with Crippen molar-refractivity contribution in [3.05, 3.63) is 0 Å². The summed E-state index contributed by atoms with van der Waals surface area (Å²) in [6.45, 7) is 10.00. The molecule has 3 nitrogen and oxygen atoms in total. The highest BCUT2D eigenvalue weighted by molar-refractivity contribution is 5.76. The maximum atomic E-state index is 11.6. The van der Waals surface area contributed by atoms with Crippen molar-refractivity contribution in [2.75, 3.05) is 13.1 Å². The van der Waals surface area contributed by atoms with Gasteiger partial charge in [-0.1, -0.05) is 47.0 Å². The molecule has 3 heteroatoms.